The minimum absolute atomic E-state index is 0.737. The zero-order valence-corrected chi connectivity index (χ0v) is 10.1. The van der Waals surface area contributed by atoms with Crippen molar-refractivity contribution in [3.8, 4) is 0 Å². The number of benzene rings is 1. The van der Waals surface area contributed by atoms with Crippen molar-refractivity contribution in [2.45, 2.75) is 13.3 Å². The van der Waals surface area contributed by atoms with E-state index in [0.29, 0.717) is 0 Å². The summed E-state index contributed by atoms with van der Waals surface area (Å²) in [6.07, 6.45) is 2.52. The van der Waals surface area contributed by atoms with E-state index in [1.165, 1.54) is 0 Å². The molecule has 0 radical (unpaired) electrons. The highest BCUT2D eigenvalue weighted by molar-refractivity contribution is 5.74. The Morgan fingerprint density at radius 3 is 2.94 bits per heavy atom. The Labute approximate surface area is 105 Å². The fourth-order valence-electron chi connectivity index (χ4n) is 2.06. The number of pyridine rings is 1. The van der Waals surface area contributed by atoms with E-state index in [1.807, 2.05) is 37.3 Å². The summed E-state index contributed by atoms with van der Waals surface area (Å²) in [5.41, 5.74) is 10.6. The van der Waals surface area contributed by atoms with Crippen LogP contribution in [0.1, 0.15) is 17.0 Å². The van der Waals surface area contributed by atoms with Crippen LogP contribution in [0.3, 0.4) is 0 Å². The highest BCUT2D eigenvalue weighted by Crippen LogP contribution is 2.16. The SMILES string of the molecule is Cc1ccnc2nc(Cc3cccc(N)c3)[nH]c12. The van der Waals surface area contributed by atoms with Crippen molar-refractivity contribution in [1.29, 1.82) is 0 Å². The van der Waals surface area contributed by atoms with Crippen molar-refractivity contribution in [2.24, 2.45) is 0 Å². The topological polar surface area (TPSA) is 67.6 Å². The third-order valence-electron chi connectivity index (χ3n) is 2.97. The Balaban J connectivity index is 1.98. The number of aryl methyl sites for hydroxylation is 1. The summed E-state index contributed by atoms with van der Waals surface area (Å²) in [5, 5.41) is 0. The molecule has 3 rings (SSSR count). The van der Waals surface area contributed by atoms with E-state index in [4.69, 9.17) is 5.73 Å². The number of hydrogen-bond donors (Lipinski definition) is 2. The van der Waals surface area contributed by atoms with E-state index in [9.17, 15) is 0 Å². The first-order valence-corrected chi connectivity index (χ1v) is 5.87. The number of nitrogens with one attached hydrogen (secondary N) is 1. The van der Waals surface area contributed by atoms with Gasteiger partial charge in [-0.25, -0.2) is 9.97 Å². The lowest BCUT2D eigenvalue weighted by molar-refractivity contribution is 1.03. The first kappa shape index (κ1) is 10.8. The molecule has 90 valence electrons. The number of fused-ring (bicyclic) bond motifs is 1. The van der Waals surface area contributed by atoms with Gasteiger partial charge in [-0.1, -0.05) is 12.1 Å². The highest BCUT2D eigenvalue weighted by atomic mass is 15.0. The molecule has 3 N–H and O–H groups in total. The molecule has 3 aromatic rings. The van der Waals surface area contributed by atoms with E-state index in [2.05, 4.69) is 15.0 Å². The maximum atomic E-state index is 5.77. The van der Waals surface area contributed by atoms with E-state index in [1.54, 1.807) is 6.20 Å². The van der Waals surface area contributed by atoms with Crippen molar-refractivity contribution in [3.05, 3.63) is 53.5 Å². The number of imidazole rings is 1. The molecule has 0 fully saturated rings. The molecule has 0 spiro atoms. The van der Waals surface area contributed by atoms with Crippen LogP contribution in [0.4, 0.5) is 5.69 Å². The molecule has 0 saturated carbocycles. The smallest absolute Gasteiger partial charge is 0.177 e. The maximum absolute atomic E-state index is 5.77. The molecule has 2 heterocycles. The normalized spacial score (nSPS) is 10.9. The number of nitrogen functional groups attached to an aromatic ring is 1. The number of anilines is 1. The largest absolute Gasteiger partial charge is 0.399 e. The summed E-state index contributed by atoms with van der Waals surface area (Å²) in [6.45, 7) is 2.05. The second-order valence-corrected chi connectivity index (χ2v) is 4.43. The minimum Gasteiger partial charge on any atom is -0.399 e. The fourth-order valence-corrected chi connectivity index (χ4v) is 2.06. The van der Waals surface area contributed by atoms with E-state index < -0.39 is 0 Å². The van der Waals surface area contributed by atoms with Crippen molar-refractivity contribution in [1.82, 2.24) is 15.0 Å². The van der Waals surface area contributed by atoms with Crippen molar-refractivity contribution < 1.29 is 0 Å². The predicted octanol–water partition coefficient (Wildman–Crippen LogP) is 2.44. The van der Waals surface area contributed by atoms with Crippen LogP contribution in [0.2, 0.25) is 0 Å². The lowest BCUT2D eigenvalue weighted by atomic mass is 10.1. The second-order valence-electron chi connectivity index (χ2n) is 4.43. The molecule has 0 aliphatic carbocycles. The van der Waals surface area contributed by atoms with Crippen LogP contribution >= 0.6 is 0 Å². The average molecular weight is 238 g/mol. The van der Waals surface area contributed by atoms with Gasteiger partial charge in [0.2, 0.25) is 0 Å². The summed E-state index contributed by atoms with van der Waals surface area (Å²) in [7, 11) is 0. The van der Waals surface area contributed by atoms with Gasteiger partial charge in [-0.05, 0) is 36.2 Å². The van der Waals surface area contributed by atoms with Crippen LogP contribution in [0.15, 0.2) is 36.5 Å². The maximum Gasteiger partial charge on any atom is 0.177 e. The van der Waals surface area contributed by atoms with Crippen LogP contribution in [-0.2, 0) is 6.42 Å². The Hall–Kier alpha value is -2.36. The quantitative estimate of drug-likeness (QED) is 0.674. The van der Waals surface area contributed by atoms with E-state index in [-0.39, 0.29) is 0 Å². The third kappa shape index (κ3) is 1.93. The van der Waals surface area contributed by atoms with Gasteiger partial charge < -0.3 is 10.7 Å². The summed E-state index contributed by atoms with van der Waals surface area (Å²) in [4.78, 5) is 12.1. The first-order valence-electron chi connectivity index (χ1n) is 5.87. The molecular weight excluding hydrogens is 224 g/mol. The van der Waals surface area contributed by atoms with Gasteiger partial charge in [0, 0.05) is 18.3 Å². The number of rotatable bonds is 2. The lowest BCUT2D eigenvalue weighted by Gasteiger charge is -1.99. The van der Waals surface area contributed by atoms with Gasteiger partial charge in [0.05, 0.1) is 5.52 Å². The van der Waals surface area contributed by atoms with E-state index in [0.717, 1.165) is 40.2 Å². The van der Waals surface area contributed by atoms with Gasteiger partial charge in [0.15, 0.2) is 5.65 Å². The van der Waals surface area contributed by atoms with Crippen LogP contribution in [0, 0.1) is 6.92 Å². The van der Waals surface area contributed by atoms with E-state index >= 15 is 0 Å². The molecule has 1 aromatic carbocycles. The molecule has 0 unspecified atom stereocenters. The standard InChI is InChI=1S/C14H14N4/c1-9-5-6-16-14-13(9)17-12(18-14)8-10-3-2-4-11(15)7-10/h2-7H,8,15H2,1H3,(H,16,17,18). The molecule has 0 aliphatic rings. The molecule has 2 aromatic heterocycles. The van der Waals surface area contributed by atoms with Crippen LogP contribution in [0.25, 0.3) is 11.2 Å². The average Bonchev–Trinajstić information content (AvgIpc) is 2.73. The number of aromatic nitrogens is 3. The minimum atomic E-state index is 0.737. The third-order valence-corrected chi connectivity index (χ3v) is 2.97. The Morgan fingerprint density at radius 1 is 1.28 bits per heavy atom. The van der Waals surface area contributed by atoms with Crippen molar-refractivity contribution in [2.75, 3.05) is 5.73 Å². The number of nitrogens with zero attached hydrogens (tertiary/aromatic N) is 2. The lowest BCUT2D eigenvalue weighted by Crippen LogP contribution is -1.92. The summed E-state index contributed by atoms with van der Waals surface area (Å²) >= 11 is 0. The molecule has 0 atom stereocenters. The molecule has 0 aliphatic heterocycles. The van der Waals surface area contributed by atoms with Gasteiger partial charge >= 0.3 is 0 Å². The van der Waals surface area contributed by atoms with Crippen molar-refractivity contribution >= 4 is 16.9 Å². The number of H-pyrrole nitrogens is 1. The molecule has 18 heavy (non-hydrogen) atoms. The predicted molar refractivity (Wildman–Crippen MR) is 72.3 cm³/mol. The summed E-state index contributed by atoms with van der Waals surface area (Å²) in [6, 6.07) is 9.83. The highest BCUT2D eigenvalue weighted by Gasteiger charge is 2.06. The van der Waals surface area contributed by atoms with Crippen molar-refractivity contribution in [3.63, 3.8) is 0 Å². The molecule has 0 bridgehead atoms. The second kappa shape index (κ2) is 4.14. The molecule has 0 saturated heterocycles. The van der Waals surface area contributed by atoms with Gasteiger partial charge in [0.1, 0.15) is 5.82 Å². The molecule has 4 nitrogen and oxygen atoms in total. The molecule has 4 heteroatoms. The van der Waals surface area contributed by atoms with Crippen LogP contribution in [0.5, 0.6) is 0 Å². The summed E-state index contributed by atoms with van der Waals surface area (Å²) in [5.74, 6) is 0.914. The number of aromatic amines is 1. The van der Waals surface area contributed by atoms with Gasteiger partial charge in [-0.3, -0.25) is 0 Å². The van der Waals surface area contributed by atoms with Crippen LogP contribution < -0.4 is 5.73 Å². The van der Waals surface area contributed by atoms with Gasteiger partial charge in [-0.15, -0.1) is 0 Å². The number of nitrogens with two attached hydrogens (primary N) is 1. The van der Waals surface area contributed by atoms with Gasteiger partial charge in [-0.2, -0.15) is 0 Å². The first-order chi connectivity index (χ1) is 8.72. The monoisotopic (exact) mass is 238 g/mol. The zero-order valence-electron chi connectivity index (χ0n) is 10.1. The Kier molecular flexibility index (Phi) is 2.48. The molecule has 0 amide bonds. The Bertz CT molecular complexity index is 700. The summed E-state index contributed by atoms with van der Waals surface area (Å²) < 4.78 is 0. The van der Waals surface area contributed by atoms with Crippen LogP contribution in [-0.4, -0.2) is 15.0 Å². The van der Waals surface area contributed by atoms with Gasteiger partial charge in [0.25, 0.3) is 0 Å². The Morgan fingerprint density at radius 2 is 2.17 bits per heavy atom. The fraction of sp³-hybridized carbons (Fsp3) is 0.143. The zero-order chi connectivity index (χ0) is 12.5. The molecular formula is C14H14N4. The number of hydrogen-bond acceptors (Lipinski definition) is 3.